The molecule has 0 amide bonds. The number of aromatic nitrogens is 2. The second kappa shape index (κ2) is 6.16. The van der Waals surface area contributed by atoms with Crippen molar-refractivity contribution in [2.75, 3.05) is 7.11 Å². The topological polar surface area (TPSA) is 63.9 Å². The second-order valence-corrected chi connectivity index (χ2v) is 7.97. The summed E-state index contributed by atoms with van der Waals surface area (Å²) in [7, 11) is -2.17. The number of para-hydroxylation sites is 1. The Kier molecular flexibility index (Phi) is 3.97. The van der Waals surface area contributed by atoms with Gasteiger partial charge in [0.05, 0.1) is 25.5 Å². The molecule has 6 nitrogen and oxygen atoms in total. The monoisotopic (exact) mass is 357 g/mol. The van der Waals surface area contributed by atoms with E-state index in [-0.39, 0.29) is 17.5 Å². The summed E-state index contributed by atoms with van der Waals surface area (Å²) in [6, 6.07) is 12.5. The predicted molar refractivity (Wildman–Crippen MR) is 93.9 cm³/mol. The third-order valence-corrected chi connectivity index (χ3v) is 6.36. The van der Waals surface area contributed by atoms with Crippen LogP contribution in [0.2, 0.25) is 0 Å². The molecular weight excluding hydrogens is 338 g/mol. The molecule has 2 heterocycles. The van der Waals surface area contributed by atoms with Crippen molar-refractivity contribution < 1.29 is 13.2 Å². The van der Waals surface area contributed by atoms with Crippen LogP contribution in [0, 0.1) is 0 Å². The highest BCUT2D eigenvalue weighted by Crippen LogP contribution is 2.36. The molecule has 0 spiro atoms. The van der Waals surface area contributed by atoms with Crippen LogP contribution in [-0.4, -0.2) is 35.3 Å². The lowest BCUT2D eigenvalue weighted by Crippen LogP contribution is -2.33. The van der Waals surface area contributed by atoms with Gasteiger partial charge in [0, 0.05) is 12.2 Å². The summed E-state index contributed by atoms with van der Waals surface area (Å²) in [6.07, 6.45) is 5.40. The Hall–Kier alpha value is -2.38. The Bertz CT molecular complexity index is 1010. The molecule has 1 aromatic carbocycles. The summed E-state index contributed by atoms with van der Waals surface area (Å²) in [6.45, 7) is 0.288. The van der Waals surface area contributed by atoms with Gasteiger partial charge in [0.1, 0.15) is 16.3 Å². The van der Waals surface area contributed by atoms with Crippen molar-refractivity contribution in [3.63, 3.8) is 0 Å². The van der Waals surface area contributed by atoms with Crippen molar-refractivity contribution in [3.8, 4) is 5.75 Å². The minimum atomic E-state index is -3.66. The Morgan fingerprint density at radius 3 is 2.72 bits per heavy atom. The molecule has 7 heteroatoms. The van der Waals surface area contributed by atoms with E-state index in [1.54, 1.807) is 34.8 Å². The zero-order valence-electron chi connectivity index (χ0n) is 13.9. The lowest BCUT2D eigenvalue weighted by Gasteiger charge is -2.22. The smallest absolute Gasteiger partial charge is 0.247 e. The standard InChI is InChI=1S/C18H19N3O3S/c1-24-16-6-2-3-7-17(16)25(22,23)21(14-9-10-14)13-15-12-19-18-8-4-5-11-20(15)18/h2-8,11-12,14H,9-10,13H2,1H3. The summed E-state index contributed by atoms with van der Waals surface area (Å²) in [5.74, 6) is 0.367. The lowest BCUT2D eigenvalue weighted by atomic mass is 10.3. The van der Waals surface area contributed by atoms with Gasteiger partial charge in [-0.15, -0.1) is 0 Å². The molecule has 4 rings (SSSR count). The van der Waals surface area contributed by atoms with Gasteiger partial charge in [-0.3, -0.25) is 0 Å². The number of fused-ring (bicyclic) bond motifs is 1. The van der Waals surface area contributed by atoms with Crippen LogP contribution in [0.5, 0.6) is 5.75 Å². The zero-order chi connectivity index (χ0) is 17.4. The van der Waals surface area contributed by atoms with Crippen LogP contribution in [0.4, 0.5) is 0 Å². The normalized spacial score (nSPS) is 15.0. The van der Waals surface area contributed by atoms with Gasteiger partial charge in [0.25, 0.3) is 0 Å². The first-order chi connectivity index (χ1) is 12.1. The summed E-state index contributed by atoms with van der Waals surface area (Å²) >= 11 is 0. The van der Waals surface area contributed by atoms with E-state index < -0.39 is 10.0 Å². The van der Waals surface area contributed by atoms with Gasteiger partial charge in [0.2, 0.25) is 10.0 Å². The highest BCUT2D eigenvalue weighted by molar-refractivity contribution is 7.89. The molecule has 1 fully saturated rings. The minimum Gasteiger partial charge on any atom is -0.495 e. The van der Waals surface area contributed by atoms with Crippen molar-refractivity contribution >= 4 is 15.7 Å². The summed E-state index contributed by atoms with van der Waals surface area (Å²) < 4.78 is 35.3. The summed E-state index contributed by atoms with van der Waals surface area (Å²) in [5.41, 5.74) is 1.66. The van der Waals surface area contributed by atoms with Gasteiger partial charge >= 0.3 is 0 Å². The number of hydrogen-bond donors (Lipinski definition) is 0. The molecule has 1 aliphatic carbocycles. The molecule has 2 aromatic heterocycles. The first-order valence-electron chi connectivity index (χ1n) is 8.17. The van der Waals surface area contributed by atoms with Crippen molar-refractivity contribution in [3.05, 3.63) is 60.6 Å². The van der Waals surface area contributed by atoms with Crippen molar-refractivity contribution in [1.82, 2.24) is 13.7 Å². The summed E-state index contributed by atoms with van der Waals surface area (Å²) in [5, 5.41) is 0. The average molecular weight is 357 g/mol. The van der Waals surface area contributed by atoms with Gasteiger partial charge in [-0.05, 0) is 37.1 Å². The van der Waals surface area contributed by atoms with E-state index in [1.165, 1.54) is 7.11 Å². The highest BCUT2D eigenvalue weighted by atomic mass is 32.2. The molecule has 130 valence electrons. The molecule has 1 aliphatic rings. The van der Waals surface area contributed by atoms with Crippen molar-refractivity contribution in [1.29, 1.82) is 0 Å². The van der Waals surface area contributed by atoms with Crippen molar-refractivity contribution in [2.24, 2.45) is 0 Å². The Morgan fingerprint density at radius 1 is 1.20 bits per heavy atom. The fourth-order valence-corrected chi connectivity index (χ4v) is 4.81. The first-order valence-corrected chi connectivity index (χ1v) is 9.61. The average Bonchev–Trinajstić information content (AvgIpc) is 3.39. The highest BCUT2D eigenvalue weighted by Gasteiger charge is 2.39. The fourth-order valence-electron chi connectivity index (χ4n) is 2.99. The molecule has 25 heavy (non-hydrogen) atoms. The number of methoxy groups -OCH3 is 1. The van der Waals surface area contributed by atoms with E-state index in [2.05, 4.69) is 4.98 Å². The molecule has 0 saturated heterocycles. The van der Waals surface area contributed by atoms with Crippen LogP contribution in [0.3, 0.4) is 0 Å². The third-order valence-electron chi connectivity index (χ3n) is 4.42. The van der Waals surface area contributed by atoms with E-state index in [1.807, 2.05) is 28.8 Å². The zero-order valence-corrected chi connectivity index (χ0v) is 14.7. The van der Waals surface area contributed by atoms with Crippen LogP contribution in [0.25, 0.3) is 5.65 Å². The predicted octanol–water partition coefficient (Wildman–Crippen LogP) is 2.70. The minimum absolute atomic E-state index is 0.0316. The van der Waals surface area contributed by atoms with E-state index in [0.29, 0.717) is 5.75 Å². The molecule has 3 aromatic rings. The Morgan fingerprint density at radius 2 is 1.96 bits per heavy atom. The SMILES string of the molecule is COc1ccccc1S(=O)(=O)N(Cc1cnc2ccccn12)C1CC1. The van der Waals surface area contributed by atoms with Gasteiger partial charge < -0.3 is 9.14 Å². The maximum absolute atomic E-state index is 13.3. The van der Waals surface area contributed by atoms with Crippen LogP contribution < -0.4 is 4.74 Å². The number of ether oxygens (including phenoxy) is 1. The molecule has 0 radical (unpaired) electrons. The fraction of sp³-hybridized carbons (Fsp3) is 0.278. The van der Waals surface area contributed by atoms with Crippen LogP contribution in [0.1, 0.15) is 18.5 Å². The third kappa shape index (κ3) is 2.89. The Balaban J connectivity index is 1.74. The maximum Gasteiger partial charge on any atom is 0.247 e. The number of benzene rings is 1. The quantitative estimate of drug-likeness (QED) is 0.680. The second-order valence-electron chi connectivity index (χ2n) is 6.11. The van der Waals surface area contributed by atoms with E-state index in [9.17, 15) is 8.42 Å². The number of nitrogens with zero attached hydrogens (tertiary/aromatic N) is 3. The molecule has 1 saturated carbocycles. The number of rotatable bonds is 6. The lowest BCUT2D eigenvalue weighted by molar-refractivity contribution is 0.379. The Labute approximate surface area is 146 Å². The molecular formula is C18H19N3O3S. The van der Waals surface area contributed by atoms with Gasteiger partial charge in [0.15, 0.2) is 0 Å². The number of imidazole rings is 1. The van der Waals surface area contributed by atoms with Crippen LogP contribution >= 0.6 is 0 Å². The molecule has 0 atom stereocenters. The van der Waals surface area contributed by atoms with Crippen LogP contribution in [-0.2, 0) is 16.6 Å². The van der Waals surface area contributed by atoms with Gasteiger partial charge in [-0.1, -0.05) is 18.2 Å². The van der Waals surface area contributed by atoms with Crippen LogP contribution in [0.15, 0.2) is 59.8 Å². The summed E-state index contributed by atoms with van der Waals surface area (Å²) in [4.78, 5) is 4.56. The van der Waals surface area contributed by atoms with E-state index in [0.717, 1.165) is 24.2 Å². The number of hydrogen-bond acceptors (Lipinski definition) is 4. The maximum atomic E-state index is 13.3. The van der Waals surface area contributed by atoms with Gasteiger partial charge in [-0.25, -0.2) is 13.4 Å². The largest absolute Gasteiger partial charge is 0.495 e. The molecule has 0 bridgehead atoms. The van der Waals surface area contributed by atoms with Crippen molar-refractivity contribution in [2.45, 2.75) is 30.3 Å². The molecule has 0 aliphatic heterocycles. The first kappa shape index (κ1) is 16.1. The number of pyridine rings is 1. The molecule has 0 N–H and O–H groups in total. The van der Waals surface area contributed by atoms with Gasteiger partial charge in [-0.2, -0.15) is 4.31 Å². The van der Waals surface area contributed by atoms with E-state index in [4.69, 9.17) is 4.74 Å². The number of sulfonamides is 1. The van der Waals surface area contributed by atoms with E-state index >= 15 is 0 Å². The molecule has 0 unspecified atom stereocenters.